The number of nitrogens with two attached hydrogens (primary N) is 1. The van der Waals surface area contributed by atoms with Crippen molar-refractivity contribution in [3.63, 3.8) is 0 Å². The first-order chi connectivity index (χ1) is 10.5. The topological polar surface area (TPSA) is 91.5 Å². The van der Waals surface area contributed by atoms with E-state index in [-0.39, 0.29) is 11.7 Å². The molecule has 1 saturated heterocycles. The molecule has 1 fully saturated rings. The van der Waals surface area contributed by atoms with Gasteiger partial charge in [0.15, 0.2) is 5.13 Å². The van der Waals surface area contributed by atoms with Crippen molar-refractivity contribution in [1.29, 1.82) is 0 Å². The second-order valence-electron chi connectivity index (χ2n) is 5.06. The summed E-state index contributed by atoms with van der Waals surface area (Å²) < 4.78 is 14.0. The summed E-state index contributed by atoms with van der Waals surface area (Å²) >= 11 is 1.39. The van der Waals surface area contributed by atoms with Gasteiger partial charge in [0.1, 0.15) is 5.82 Å². The predicted molar refractivity (Wildman–Crippen MR) is 83.9 cm³/mol. The molecule has 6 nitrogen and oxygen atoms in total. The number of halogens is 1. The first kappa shape index (κ1) is 14.6. The highest BCUT2D eigenvalue weighted by atomic mass is 32.1. The number of nitrogens with zero attached hydrogens (tertiary/aromatic N) is 2. The summed E-state index contributed by atoms with van der Waals surface area (Å²) in [6.45, 7) is 0.799. The molecule has 4 N–H and O–H groups in total. The summed E-state index contributed by atoms with van der Waals surface area (Å²) in [5.41, 5.74) is 7.24. The monoisotopic (exact) mass is 322 g/mol. The third-order valence-corrected chi connectivity index (χ3v) is 4.35. The van der Waals surface area contributed by atoms with E-state index in [1.807, 2.05) is 10.7 Å². The van der Waals surface area contributed by atoms with Crippen molar-refractivity contribution in [2.24, 2.45) is 0 Å². The largest absolute Gasteiger partial charge is 0.465 e. The Morgan fingerprint density at radius 1 is 1.55 bits per heavy atom. The third-order valence-electron chi connectivity index (χ3n) is 3.66. The molecule has 3 rings (SSSR count). The number of carbonyl (C=O) groups is 1. The van der Waals surface area contributed by atoms with Crippen LogP contribution in [0.25, 0.3) is 0 Å². The van der Waals surface area contributed by atoms with E-state index in [0.29, 0.717) is 10.8 Å². The summed E-state index contributed by atoms with van der Waals surface area (Å²) in [6, 6.07) is 4.57. The standard InChI is InChI=1S/C14H15FN4O2S/c15-9-6-8(3-4-10(9)18-14(20)21)19-5-1-2-12(19)11-7-22-13(16)17-11/h3-4,6-7,12,18H,1-2,5H2,(H2,16,17)(H,20,21). The molecule has 2 aromatic rings. The summed E-state index contributed by atoms with van der Waals surface area (Å²) in [7, 11) is 0. The number of aromatic nitrogens is 1. The van der Waals surface area contributed by atoms with Gasteiger partial charge in [-0.2, -0.15) is 0 Å². The molecule has 1 aliphatic rings. The minimum absolute atomic E-state index is 0.0510. The molecule has 2 heterocycles. The molecule has 1 unspecified atom stereocenters. The average molecular weight is 322 g/mol. The summed E-state index contributed by atoms with van der Waals surface area (Å²) in [5.74, 6) is -0.594. The van der Waals surface area contributed by atoms with Gasteiger partial charge in [-0.3, -0.25) is 5.32 Å². The number of nitrogen functional groups attached to an aromatic ring is 1. The van der Waals surface area contributed by atoms with E-state index in [1.54, 1.807) is 6.07 Å². The SMILES string of the molecule is Nc1nc(C2CCCN2c2ccc(NC(=O)O)c(F)c2)cs1. The number of benzene rings is 1. The Morgan fingerprint density at radius 2 is 2.36 bits per heavy atom. The Balaban J connectivity index is 1.86. The maximum atomic E-state index is 14.0. The fourth-order valence-corrected chi connectivity index (χ4v) is 3.35. The van der Waals surface area contributed by atoms with Gasteiger partial charge in [-0.15, -0.1) is 11.3 Å². The van der Waals surface area contributed by atoms with E-state index in [1.165, 1.54) is 23.5 Å². The fourth-order valence-electron chi connectivity index (χ4n) is 2.74. The number of hydrogen-bond acceptors (Lipinski definition) is 5. The molecule has 1 aromatic heterocycles. The highest BCUT2D eigenvalue weighted by molar-refractivity contribution is 7.13. The van der Waals surface area contributed by atoms with Crippen LogP contribution in [0.15, 0.2) is 23.6 Å². The van der Waals surface area contributed by atoms with Gasteiger partial charge >= 0.3 is 6.09 Å². The Bertz CT molecular complexity index is 706. The molecule has 1 aliphatic heterocycles. The maximum Gasteiger partial charge on any atom is 0.409 e. The quantitative estimate of drug-likeness (QED) is 0.806. The molecule has 0 radical (unpaired) electrons. The molecule has 1 amide bonds. The van der Waals surface area contributed by atoms with Crippen LogP contribution in [0.5, 0.6) is 0 Å². The van der Waals surface area contributed by atoms with Gasteiger partial charge in [0.25, 0.3) is 0 Å². The second kappa shape index (κ2) is 5.80. The lowest BCUT2D eigenvalue weighted by Crippen LogP contribution is -2.23. The first-order valence-electron chi connectivity index (χ1n) is 6.81. The van der Waals surface area contributed by atoms with E-state index >= 15 is 0 Å². The molecule has 8 heteroatoms. The zero-order valence-corrected chi connectivity index (χ0v) is 12.4. The molecular formula is C14H15FN4O2S. The molecule has 1 atom stereocenters. The first-order valence-corrected chi connectivity index (χ1v) is 7.69. The lowest BCUT2D eigenvalue weighted by molar-refractivity contribution is 0.209. The van der Waals surface area contributed by atoms with E-state index in [9.17, 15) is 9.18 Å². The number of rotatable bonds is 3. The molecule has 22 heavy (non-hydrogen) atoms. The molecule has 0 aliphatic carbocycles. The molecular weight excluding hydrogens is 307 g/mol. The lowest BCUT2D eigenvalue weighted by atomic mass is 10.1. The van der Waals surface area contributed by atoms with E-state index in [2.05, 4.69) is 9.88 Å². The number of hydrogen-bond donors (Lipinski definition) is 3. The zero-order chi connectivity index (χ0) is 15.7. The van der Waals surface area contributed by atoms with Gasteiger partial charge in [-0.05, 0) is 31.0 Å². The average Bonchev–Trinajstić information content (AvgIpc) is 3.09. The van der Waals surface area contributed by atoms with Crippen LogP contribution in [0.2, 0.25) is 0 Å². The summed E-state index contributed by atoms with van der Waals surface area (Å²) in [5, 5.41) is 13.1. The van der Waals surface area contributed by atoms with Gasteiger partial charge < -0.3 is 15.7 Å². The molecule has 0 saturated carbocycles. The van der Waals surface area contributed by atoms with Crippen molar-refractivity contribution < 1.29 is 14.3 Å². The van der Waals surface area contributed by atoms with Crippen LogP contribution in [0, 0.1) is 5.82 Å². The number of anilines is 3. The number of carboxylic acid groups (broad SMARTS) is 1. The fraction of sp³-hybridized carbons (Fsp3) is 0.286. The van der Waals surface area contributed by atoms with Crippen molar-refractivity contribution in [1.82, 2.24) is 4.98 Å². The van der Waals surface area contributed by atoms with Crippen LogP contribution in [-0.4, -0.2) is 22.7 Å². The van der Waals surface area contributed by atoms with Crippen LogP contribution in [0.4, 0.5) is 25.7 Å². The smallest absolute Gasteiger partial charge is 0.409 e. The van der Waals surface area contributed by atoms with E-state index in [0.717, 1.165) is 25.1 Å². The van der Waals surface area contributed by atoms with Crippen LogP contribution in [0.3, 0.4) is 0 Å². The second-order valence-corrected chi connectivity index (χ2v) is 5.95. The lowest BCUT2D eigenvalue weighted by Gasteiger charge is -2.26. The normalized spacial score (nSPS) is 17.7. The van der Waals surface area contributed by atoms with Crippen molar-refractivity contribution in [3.8, 4) is 0 Å². The summed E-state index contributed by atoms with van der Waals surface area (Å²) in [6.07, 6.45) is 0.627. The number of thiazole rings is 1. The molecule has 0 spiro atoms. The van der Waals surface area contributed by atoms with Gasteiger partial charge in [0, 0.05) is 17.6 Å². The molecule has 0 bridgehead atoms. The van der Waals surface area contributed by atoms with Gasteiger partial charge in [0.05, 0.1) is 17.4 Å². The van der Waals surface area contributed by atoms with Crippen LogP contribution in [0.1, 0.15) is 24.6 Å². The molecule has 1 aromatic carbocycles. The van der Waals surface area contributed by atoms with Gasteiger partial charge in [0.2, 0.25) is 0 Å². The van der Waals surface area contributed by atoms with Crippen molar-refractivity contribution in [2.45, 2.75) is 18.9 Å². The highest BCUT2D eigenvalue weighted by Crippen LogP contribution is 2.37. The van der Waals surface area contributed by atoms with Crippen LogP contribution < -0.4 is 16.0 Å². The van der Waals surface area contributed by atoms with Crippen molar-refractivity contribution in [2.75, 3.05) is 22.5 Å². The highest BCUT2D eigenvalue weighted by Gasteiger charge is 2.28. The van der Waals surface area contributed by atoms with Crippen LogP contribution >= 0.6 is 11.3 Å². The Hall–Kier alpha value is -2.35. The maximum absolute atomic E-state index is 14.0. The Kier molecular flexibility index (Phi) is 3.84. The number of amides is 1. The van der Waals surface area contributed by atoms with Crippen LogP contribution in [-0.2, 0) is 0 Å². The van der Waals surface area contributed by atoms with Gasteiger partial charge in [-0.1, -0.05) is 0 Å². The van der Waals surface area contributed by atoms with Gasteiger partial charge in [-0.25, -0.2) is 14.2 Å². The van der Waals surface area contributed by atoms with E-state index < -0.39 is 11.9 Å². The summed E-state index contributed by atoms with van der Waals surface area (Å²) in [4.78, 5) is 17.0. The van der Waals surface area contributed by atoms with E-state index in [4.69, 9.17) is 10.8 Å². The minimum Gasteiger partial charge on any atom is -0.465 e. The number of nitrogens with one attached hydrogen (secondary N) is 1. The Morgan fingerprint density at radius 3 is 3.00 bits per heavy atom. The zero-order valence-electron chi connectivity index (χ0n) is 11.6. The van der Waals surface area contributed by atoms with Crippen molar-refractivity contribution in [3.05, 3.63) is 35.1 Å². The Labute approximate surface area is 130 Å². The minimum atomic E-state index is -1.29. The predicted octanol–water partition coefficient (Wildman–Crippen LogP) is 3.30. The van der Waals surface area contributed by atoms with Crippen molar-refractivity contribution >= 4 is 33.9 Å². The third kappa shape index (κ3) is 2.82. The molecule has 116 valence electrons.